The summed E-state index contributed by atoms with van der Waals surface area (Å²) >= 11 is 0. The van der Waals surface area contributed by atoms with Crippen molar-refractivity contribution >= 4 is 15.4 Å². The van der Waals surface area contributed by atoms with E-state index in [9.17, 15) is 13.4 Å². The van der Waals surface area contributed by atoms with Crippen LogP contribution >= 0.6 is 7.60 Å². The smallest absolute Gasteiger partial charge is 0.337 e. The summed E-state index contributed by atoms with van der Waals surface area (Å²) < 4.78 is 38.2. The summed E-state index contributed by atoms with van der Waals surface area (Å²) in [5.41, 5.74) is 0. The van der Waals surface area contributed by atoms with Crippen molar-refractivity contribution in [3.05, 3.63) is 0 Å². The molecule has 0 aliphatic heterocycles. The van der Waals surface area contributed by atoms with E-state index in [1.54, 1.807) is 0 Å². The fourth-order valence-corrected chi connectivity index (χ4v) is 0.266. The van der Waals surface area contributed by atoms with Crippen LogP contribution in [0.2, 0.25) is 0 Å². The first kappa shape index (κ1) is 8.07. The molecule has 0 spiro atoms. The average Bonchev–Trinajstić information content (AvgIpc) is 1.67. The predicted octanol–water partition coefficient (Wildman–Crippen LogP) is 1.23. The highest BCUT2D eigenvalue weighted by Crippen LogP contribution is 2.43. The zero-order valence-electron chi connectivity index (χ0n) is 4.01. The summed E-state index contributed by atoms with van der Waals surface area (Å²) in [6.45, 7) is 0.795. The molecule has 0 aromatic rings. The van der Waals surface area contributed by atoms with Crippen LogP contribution < -0.4 is 0 Å². The molecule has 1 atom stereocenters. The van der Waals surface area contributed by atoms with Gasteiger partial charge in [0, 0.05) is 6.66 Å². The fraction of sp³-hybridized carbons (Fsp3) is 1.00. The Balaban J connectivity index is 3.55. The molecule has 0 fully saturated rings. The summed E-state index contributed by atoms with van der Waals surface area (Å²) in [6, 6.07) is 0. The van der Waals surface area contributed by atoms with Crippen LogP contribution in [-0.4, -0.2) is 14.4 Å². The quantitative estimate of drug-likeness (QED) is 0.440. The lowest BCUT2D eigenvalue weighted by molar-refractivity contribution is -0.0153. The zero-order chi connectivity index (χ0) is 6.62. The second-order valence-electron chi connectivity index (χ2n) is 1.03. The topological polar surface area (TPSA) is 35.5 Å². The molecule has 0 aromatic heterocycles. The van der Waals surface area contributed by atoms with Crippen molar-refractivity contribution < 1.29 is 22.6 Å². The Morgan fingerprint density at radius 2 is 2.25 bits per heavy atom. The lowest BCUT2D eigenvalue weighted by Crippen LogP contribution is -1.88. The molecule has 0 heterocycles. The third kappa shape index (κ3) is 3.13. The Kier molecular flexibility index (Phi) is 3.20. The molecule has 1 radical (unpaired) electrons. The minimum Gasteiger partial charge on any atom is -0.337 e. The first-order valence-electron chi connectivity index (χ1n) is 1.60. The molecule has 0 saturated carbocycles. The van der Waals surface area contributed by atoms with E-state index in [0.717, 1.165) is 6.66 Å². The van der Waals surface area contributed by atoms with Gasteiger partial charge in [0.25, 0.3) is 0 Å². The number of rotatable bonds is 3. The highest BCUT2D eigenvalue weighted by atomic mass is 31.2. The number of hydrogen-bond donors (Lipinski definition) is 0. The highest BCUT2D eigenvalue weighted by molar-refractivity contribution is 7.53. The molecule has 47 valence electrons. The molecule has 0 amide bonds. The minimum atomic E-state index is -3.77. The van der Waals surface area contributed by atoms with Crippen LogP contribution in [0.25, 0.3) is 0 Å². The van der Waals surface area contributed by atoms with Crippen molar-refractivity contribution in [2.45, 2.75) is 0 Å². The summed E-state index contributed by atoms with van der Waals surface area (Å²) in [5.74, 6) is 0. The lowest BCUT2D eigenvalue weighted by Gasteiger charge is -2.01. The first-order chi connectivity index (χ1) is 3.62. The van der Waals surface area contributed by atoms with E-state index in [1.165, 1.54) is 0 Å². The number of halogens is 2. The van der Waals surface area contributed by atoms with Crippen molar-refractivity contribution in [3.8, 4) is 0 Å². The van der Waals surface area contributed by atoms with E-state index in [2.05, 4.69) is 9.17 Å². The third-order valence-corrected chi connectivity index (χ3v) is 1.07. The van der Waals surface area contributed by atoms with Crippen LogP contribution in [0.1, 0.15) is 0 Å². The largest absolute Gasteiger partial charge is 0.542 e. The van der Waals surface area contributed by atoms with Crippen LogP contribution in [0.3, 0.4) is 0 Å². The van der Waals surface area contributed by atoms with Gasteiger partial charge in [0.2, 0.25) is 0 Å². The Hall–Kier alpha value is 0.0749. The minimum absolute atomic E-state index is 0.389. The van der Waals surface area contributed by atoms with Crippen molar-refractivity contribution in [1.82, 2.24) is 0 Å². The van der Waals surface area contributed by atoms with Gasteiger partial charge in [0.15, 0.2) is 0 Å². The van der Waals surface area contributed by atoms with E-state index in [4.69, 9.17) is 0 Å². The van der Waals surface area contributed by atoms with Gasteiger partial charge >= 0.3 is 15.4 Å². The predicted molar refractivity (Wildman–Crippen MR) is 23.7 cm³/mol. The first-order valence-corrected chi connectivity index (χ1v) is 3.59. The zero-order valence-corrected chi connectivity index (χ0v) is 4.90. The standard InChI is InChI=1S/CH3BF2O3P/c1-8(5,7-4)6-2-3/h1H3. The maximum Gasteiger partial charge on any atom is 0.542 e. The van der Waals surface area contributed by atoms with Gasteiger partial charge in [-0.2, -0.15) is 0 Å². The van der Waals surface area contributed by atoms with Gasteiger partial charge in [0.1, 0.15) is 0 Å². The van der Waals surface area contributed by atoms with Gasteiger partial charge in [-0.05, 0) is 4.53 Å². The van der Waals surface area contributed by atoms with E-state index in [-0.39, 0.29) is 7.76 Å². The molecule has 1 unspecified atom stereocenters. The van der Waals surface area contributed by atoms with Gasteiger partial charge in [-0.15, -0.1) is 4.73 Å². The van der Waals surface area contributed by atoms with Gasteiger partial charge in [0.05, 0.1) is 0 Å². The molecule has 0 rings (SSSR count). The van der Waals surface area contributed by atoms with Gasteiger partial charge in [-0.1, -0.05) is 0 Å². The van der Waals surface area contributed by atoms with E-state index < -0.39 is 7.60 Å². The van der Waals surface area contributed by atoms with Gasteiger partial charge < -0.3 is 4.44 Å². The van der Waals surface area contributed by atoms with Crippen LogP contribution in [-0.2, 0) is 13.7 Å². The fourth-order valence-electron chi connectivity index (χ4n) is 0.0886. The maximum atomic E-state index is 10.9. The Labute approximate surface area is 45.7 Å². The molecule has 3 nitrogen and oxygen atoms in total. The van der Waals surface area contributed by atoms with Crippen molar-refractivity contribution in [1.29, 1.82) is 0 Å². The highest BCUT2D eigenvalue weighted by Gasteiger charge is 2.17. The second kappa shape index (κ2) is 3.17. The van der Waals surface area contributed by atoms with Crippen LogP contribution in [0.15, 0.2) is 0 Å². The lowest BCUT2D eigenvalue weighted by atomic mass is 10.5. The second-order valence-corrected chi connectivity index (χ2v) is 2.93. The molecule has 0 saturated heterocycles. The Bertz CT molecular complexity index is 107. The summed E-state index contributed by atoms with van der Waals surface area (Å²) in [6.07, 6.45) is 0. The molecule has 0 aliphatic rings. The number of hydrogen-bond acceptors (Lipinski definition) is 3. The Morgan fingerprint density at radius 1 is 1.75 bits per heavy atom. The average molecular weight is 143 g/mol. The summed E-state index contributed by atoms with van der Waals surface area (Å²) in [4.78, 5) is 0. The molecular weight excluding hydrogens is 140 g/mol. The monoisotopic (exact) mass is 143 g/mol. The normalized spacial score (nSPS) is 17.4. The molecule has 0 aliphatic carbocycles. The molecule has 0 N–H and O–H groups in total. The summed E-state index contributed by atoms with van der Waals surface area (Å²) in [5, 5.41) is 0. The molecule has 0 aromatic carbocycles. The third-order valence-electron chi connectivity index (χ3n) is 0.357. The maximum absolute atomic E-state index is 10.9. The van der Waals surface area contributed by atoms with Gasteiger partial charge in [-0.3, -0.25) is 8.88 Å². The van der Waals surface area contributed by atoms with E-state index in [0.29, 0.717) is 0 Å². The van der Waals surface area contributed by atoms with Crippen molar-refractivity contribution in [2.75, 3.05) is 6.66 Å². The summed E-state index contributed by atoms with van der Waals surface area (Å²) in [7, 11) is -4.16. The molecular formula is CH3BF2O3P. The van der Waals surface area contributed by atoms with Crippen molar-refractivity contribution in [3.63, 3.8) is 0 Å². The van der Waals surface area contributed by atoms with Crippen molar-refractivity contribution in [2.24, 2.45) is 0 Å². The van der Waals surface area contributed by atoms with E-state index in [1.807, 2.05) is 0 Å². The van der Waals surface area contributed by atoms with Crippen LogP contribution in [0, 0.1) is 0 Å². The SMILES string of the molecule is CP(=O)(OF)O[B]F. The molecule has 7 heteroatoms. The van der Waals surface area contributed by atoms with Crippen LogP contribution in [0.5, 0.6) is 0 Å². The van der Waals surface area contributed by atoms with Gasteiger partial charge in [-0.25, -0.2) is 0 Å². The van der Waals surface area contributed by atoms with Crippen LogP contribution in [0.4, 0.5) is 8.84 Å². The molecule has 8 heavy (non-hydrogen) atoms. The molecule has 0 bridgehead atoms. The van der Waals surface area contributed by atoms with E-state index >= 15 is 0 Å². The Morgan fingerprint density at radius 3 is 2.38 bits per heavy atom.